The fourth-order valence-electron chi connectivity index (χ4n) is 10.6. The molecule has 9 heteroatoms. The van der Waals surface area contributed by atoms with Gasteiger partial charge >= 0.3 is 17.9 Å². The highest BCUT2D eigenvalue weighted by molar-refractivity contribution is 5.71. The molecule has 0 aliphatic rings. The van der Waals surface area contributed by atoms with Gasteiger partial charge in [0.1, 0.15) is 13.2 Å². The molecule has 2 unspecified atom stereocenters. The molecule has 0 bridgehead atoms. The monoisotopic (exact) mass is 1350 g/mol. The van der Waals surface area contributed by atoms with Crippen molar-refractivity contribution in [1.82, 2.24) is 0 Å². The number of allylic oxidation sites excluding steroid dienone is 28. The number of aliphatic carboxylic acids is 1. The largest absolute Gasteiger partial charge is 0.477 e. The predicted octanol–water partition coefficient (Wildman–Crippen LogP) is 25.4. The number of carboxylic acid groups (broad SMARTS) is 1. The summed E-state index contributed by atoms with van der Waals surface area (Å²) in [6.45, 7) is 4.65. The van der Waals surface area contributed by atoms with Crippen molar-refractivity contribution in [3.63, 3.8) is 0 Å². The first-order valence-corrected chi connectivity index (χ1v) is 39.3. The number of hydrogen-bond acceptors (Lipinski definition) is 7. The van der Waals surface area contributed by atoms with Crippen LogP contribution in [0.2, 0.25) is 0 Å². The zero-order valence-electron chi connectivity index (χ0n) is 62.9. The maximum Gasteiger partial charge on any atom is 0.361 e. The van der Waals surface area contributed by atoms with Crippen LogP contribution in [0.4, 0.5) is 0 Å². The van der Waals surface area contributed by atoms with Gasteiger partial charge in [0.15, 0.2) is 6.10 Å². The number of nitrogens with zero attached hydrogens (tertiary/aromatic N) is 1. The normalized spacial score (nSPS) is 13.6. The van der Waals surface area contributed by atoms with Crippen LogP contribution >= 0.6 is 0 Å². The molecule has 2 atom stereocenters. The molecule has 0 aromatic carbocycles. The number of carbonyl (C=O) groups excluding carboxylic acids is 2. The Morgan fingerprint density at radius 2 is 0.557 bits per heavy atom. The van der Waals surface area contributed by atoms with E-state index in [0.717, 1.165) is 135 Å². The third-order valence-corrected chi connectivity index (χ3v) is 16.5. The van der Waals surface area contributed by atoms with Crippen LogP contribution in [0.3, 0.4) is 0 Å². The van der Waals surface area contributed by atoms with Gasteiger partial charge < -0.3 is 28.5 Å². The number of esters is 2. The van der Waals surface area contributed by atoms with Gasteiger partial charge in [0.25, 0.3) is 6.29 Å². The average molecular weight is 1350 g/mol. The second-order valence-electron chi connectivity index (χ2n) is 26.9. The molecule has 0 amide bonds. The number of rotatable bonds is 71. The van der Waals surface area contributed by atoms with Crippen LogP contribution in [0.25, 0.3) is 0 Å². The summed E-state index contributed by atoms with van der Waals surface area (Å²) in [6, 6.07) is 0. The Morgan fingerprint density at radius 1 is 0.309 bits per heavy atom. The van der Waals surface area contributed by atoms with E-state index in [1.54, 1.807) is 0 Å². The van der Waals surface area contributed by atoms with Crippen LogP contribution in [0, 0.1) is 0 Å². The van der Waals surface area contributed by atoms with E-state index in [1.165, 1.54) is 141 Å². The minimum absolute atomic E-state index is 0.179. The van der Waals surface area contributed by atoms with Crippen LogP contribution in [0.1, 0.15) is 309 Å². The van der Waals surface area contributed by atoms with Gasteiger partial charge in [-0.1, -0.05) is 338 Å². The van der Waals surface area contributed by atoms with E-state index in [1.807, 2.05) is 21.1 Å². The van der Waals surface area contributed by atoms with Crippen LogP contribution < -0.4 is 0 Å². The molecule has 0 heterocycles. The fourth-order valence-corrected chi connectivity index (χ4v) is 10.6. The minimum atomic E-state index is -1.52. The van der Waals surface area contributed by atoms with Gasteiger partial charge in [0, 0.05) is 12.8 Å². The number of likely N-dealkylation sites (N-methyl/N-ethyl adjacent to an activating group) is 1. The number of carbonyl (C=O) groups is 3. The number of quaternary nitrogens is 1. The van der Waals surface area contributed by atoms with Crippen molar-refractivity contribution in [2.45, 2.75) is 322 Å². The first-order valence-electron chi connectivity index (χ1n) is 39.3. The summed E-state index contributed by atoms with van der Waals surface area (Å²) in [5.74, 6) is -2.02. The van der Waals surface area contributed by atoms with Crippen LogP contribution in [0.15, 0.2) is 170 Å². The van der Waals surface area contributed by atoms with Gasteiger partial charge in [-0.3, -0.25) is 9.59 Å². The van der Waals surface area contributed by atoms with Crippen LogP contribution in [-0.2, 0) is 33.3 Å². The van der Waals surface area contributed by atoms with Crippen molar-refractivity contribution >= 4 is 17.9 Å². The van der Waals surface area contributed by atoms with Crippen molar-refractivity contribution in [1.29, 1.82) is 0 Å². The molecule has 0 aromatic rings. The molecule has 0 aliphatic heterocycles. The Morgan fingerprint density at radius 3 is 0.825 bits per heavy atom. The zero-order valence-corrected chi connectivity index (χ0v) is 62.9. The standard InChI is InChI=1S/C88H145NO8/c1-6-8-10-12-14-16-18-20-22-24-26-28-30-32-34-36-38-40-41-42-43-44-45-47-48-50-52-54-56-58-60-62-64-66-68-70-72-74-76-78-85(90)95-82-84(83-96-88(87(92)93)94-81-80-89(3,4)5)97-86(91)79-77-75-73-71-69-67-65-63-61-59-57-55-53-51-49-46-39-37-35-33-31-29-27-25-23-21-19-17-15-13-11-9-7-2/h8-11,14-17,20-23,26-29,32-35,38-40,46,51,53,57,59,84,88H,6-7,12-13,18-19,24-25,30-31,36-37,41-45,47-50,52,54-56,58,60-83H2,1-5H3/p+1/b10-8-,11-9-,16-14-,17-15-,22-20-,23-21-,28-26-,29-27-,34-32-,35-33-,40-38-,46-39-,53-51-,59-57-. The quantitative estimate of drug-likeness (QED) is 0.0211. The summed E-state index contributed by atoms with van der Waals surface area (Å²) in [4.78, 5) is 37.7. The van der Waals surface area contributed by atoms with Crippen molar-refractivity contribution in [3.05, 3.63) is 170 Å². The molecule has 0 saturated heterocycles. The third-order valence-electron chi connectivity index (χ3n) is 16.5. The van der Waals surface area contributed by atoms with E-state index in [2.05, 4.69) is 184 Å². The Kier molecular flexibility index (Phi) is 72.2. The Bertz CT molecular complexity index is 2210. The SMILES string of the molecule is CC/C=C\C/C=C\C/C=C\C/C=C\C/C=C\C/C=C\C/C=C\C/C=C\CCCCCCCCCCC(=O)OC(COC(=O)CCCCCCCCCCCCCCCCCCCCCC/C=C\C/C=C\C/C=C\C/C=C\C/C=C\C/C=C\CC)COC(OCC[N+](C)(C)C)C(=O)O. The fraction of sp³-hybridized carbons (Fsp3) is 0.648. The highest BCUT2D eigenvalue weighted by Gasteiger charge is 2.25. The number of unbranched alkanes of at least 4 members (excludes halogenated alkanes) is 28. The Hall–Kier alpha value is -5.35. The van der Waals surface area contributed by atoms with Crippen molar-refractivity contribution < 1.29 is 42.9 Å². The lowest BCUT2D eigenvalue weighted by atomic mass is 10.0. The van der Waals surface area contributed by atoms with E-state index >= 15 is 0 Å². The van der Waals surface area contributed by atoms with Gasteiger partial charge in [-0.2, -0.15) is 0 Å². The van der Waals surface area contributed by atoms with Crippen molar-refractivity contribution in [2.75, 3.05) is 47.5 Å². The molecular formula is C88H146NO8+. The summed E-state index contributed by atoms with van der Waals surface area (Å²) in [5.41, 5.74) is 0. The minimum Gasteiger partial charge on any atom is -0.477 e. The molecule has 0 saturated carbocycles. The van der Waals surface area contributed by atoms with Gasteiger partial charge in [-0.25, -0.2) is 4.79 Å². The third kappa shape index (κ3) is 77.9. The van der Waals surface area contributed by atoms with E-state index in [4.69, 9.17) is 18.9 Å². The molecule has 0 aromatic heterocycles. The number of hydrogen-bond donors (Lipinski definition) is 1. The molecule has 1 N–H and O–H groups in total. The molecule has 97 heavy (non-hydrogen) atoms. The highest BCUT2D eigenvalue weighted by Crippen LogP contribution is 2.18. The molecular weight excluding hydrogens is 1200 g/mol. The smallest absolute Gasteiger partial charge is 0.361 e. The first-order chi connectivity index (χ1) is 47.6. The summed E-state index contributed by atoms with van der Waals surface area (Å²) < 4.78 is 23.0. The van der Waals surface area contributed by atoms with Gasteiger partial charge in [0.2, 0.25) is 0 Å². The van der Waals surface area contributed by atoms with Crippen LogP contribution in [0.5, 0.6) is 0 Å². The van der Waals surface area contributed by atoms with Gasteiger partial charge in [0.05, 0.1) is 34.4 Å². The maximum absolute atomic E-state index is 13.0. The van der Waals surface area contributed by atoms with Crippen molar-refractivity contribution in [3.8, 4) is 0 Å². The molecule has 9 nitrogen and oxygen atoms in total. The topological polar surface area (TPSA) is 108 Å². The lowest BCUT2D eigenvalue weighted by Crippen LogP contribution is -2.40. The van der Waals surface area contributed by atoms with Crippen molar-refractivity contribution in [2.24, 2.45) is 0 Å². The van der Waals surface area contributed by atoms with E-state index in [9.17, 15) is 19.5 Å². The summed E-state index contributed by atoms with van der Waals surface area (Å²) >= 11 is 0. The molecule has 0 fully saturated rings. The Labute approximate surface area is 597 Å². The predicted molar refractivity (Wildman–Crippen MR) is 419 cm³/mol. The second kappa shape index (κ2) is 76.4. The summed E-state index contributed by atoms with van der Waals surface area (Å²) in [5, 5.41) is 9.77. The van der Waals surface area contributed by atoms with Gasteiger partial charge in [-0.15, -0.1) is 0 Å². The van der Waals surface area contributed by atoms with Crippen LogP contribution in [-0.4, -0.2) is 87.4 Å². The van der Waals surface area contributed by atoms with E-state index in [0.29, 0.717) is 23.9 Å². The number of ether oxygens (including phenoxy) is 4. The van der Waals surface area contributed by atoms with Gasteiger partial charge in [-0.05, 0) is 128 Å². The summed E-state index contributed by atoms with van der Waals surface area (Å²) in [7, 11) is 5.97. The lowest BCUT2D eigenvalue weighted by molar-refractivity contribution is -0.870. The Balaban J connectivity index is 4.08. The zero-order chi connectivity index (χ0) is 70.4. The molecule has 550 valence electrons. The molecule has 0 radical (unpaired) electrons. The maximum atomic E-state index is 13.0. The molecule has 0 spiro atoms. The van der Waals surface area contributed by atoms with E-state index < -0.39 is 24.3 Å². The highest BCUT2D eigenvalue weighted by atomic mass is 16.7. The molecule has 0 rings (SSSR count). The van der Waals surface area contributed by atoms with E-state index in [-0.39, 0.29) is 32.2 Å². The molecule has 0 aliphatic carbocycles. The summed E-state index contributed by atoms with van der Waals surface area (Å²) in [6.07, 6.45) is 112. The number of carboxylic acids is 1. The average Bonchev–Trinajstić information content (AvgIpc) is 2.59. The second-order valence-corrected chi connectivity index (χ2v) is 26.9. The first kappa shape index (κ1) is 91.6. The lowest BCUT2D eigenvalue weighted by Gasteiger charge is -2.25.